The number of aromatic nitrogens is 4. The predicted molar refractivity (Wildman–Crippen MR) is 80.3 cm³/mol. The molecule has 1 aromatic carbocycles. The summed E-state index contributed by atoms with van der Waals surface area (Å²) in [7, 11) is 0. The van der Waals surface area contributed by atoms with Gasteiger partial charge in [-0.15, -0.1) is 0 Å². The fourth-order valence-corrected chi connectivity index (χ4v) is 3.04. The monoisotopic (exact) mass is 315 g/mol. The Balaban J connectivity index is 1.60. The molecule has 1 amide bonds. The van der Waals surface area contributed by atoms with E-state index in [0.717, 1.165) is 22.2 Å². The largest absolute Gasteiger partial charge is 0.358 e. The van der Waals surface area contributed by atoms with Gasteiger partial charge in [0.15, 0.2) is 0 Å². The third-order valence-electron chi connectivity index (χ3n) is 4.16. The summed E-state index contributed by atoms with van der Waals surface area (Å²) in [5.74, 6) is -0.100. The first-order valence-electron chi connectivity index (χ1n) is 7.30. The molecule has 0 saturated carbocycles. The Morgan fingerprint density at radius 2 is 2.22 bits per heavy atom. The van der Waals surface area contributed by atoms with Gasteiger partial charge in [0.1, 0.15) is 11.6 Å². The van der Waals surface area contributed by atoms with Gasteiger partial charge in [-0.25, -0.2) is 14.3 Å². The minimum Gasteiger partial charge on any atom is -0.358 e. The highest BCUT2D eigenvalue weighted by Gasteiger charge is 2.24. The van der Waals surface area contributed by atoms with Crippen molar-refractivity contribution in [2.75, 3.05) is 6.54 Å². The van der Waals surface area contributed by atoms with E-state index in [1.807, 2.05) is 0 Å². The molecule has 118 valence electrons. The molecule has 0 radical (unpaired) electrons. The molecule has 1 aliphatic rings. The van der Waals surface area contributed by atoms with Crippen LogP contribution < -0.4 is 5.69 Å². The van der Waals surface area contributed by atoms with Crippen molar-refractivity contribution < 1.29 is 9.18 Å². The highest BCUT2D eigenvalue weighted by molar-refractivity contribution is 5.86. The van der Waals surface area contributed by atoms with E-state index in [4.69, 9.17) is 0 Å². The van der Waals surface area contributed by atoms with Crippen LogP contribution in [-0.2, 0) is 24.2 Å². The van der Waals surface area contributed by atoms with E-state index < -0.39 is 5.69 Å². The minimum absolute atomic E-state index is 0.0325. The molecule has 4 rings (SSSR count). The number of aromatic amines is 3. The molecule has 0 unspecified atom stereocenters. The van der Waals surface area contributed by atoms with Crippen LogP contribution in [0.4, 0.5) is 4.39 Å². The summed E-state index contributed by atoms with van der Waals surface area (Å²) < 4.78 is 13.5. The molecular formula is C15H14FN5O2. The third-order valence-corrected chi connectivity index (χ3v) is 4.16. The summed E-state index contributed by atoms with van der Waals surface area (Å²) >= 11 is 0. The number of benzene rings is 1. The van der Waals surface area contributed by atoms with Crippen LogP contribution in [-0.4, -0.2) is 37.5 Å². The van der Waals surface area contributed by atoms with Gasteiger partial charge in [0.25, 0.3) is 0 Å². The van der Waals surface area contributed by atoms with E-state index in [2.05, 4.69) is 20.2 Å². The number of carbonyl (C=O) groups excluding carboxylic acids is 1. The molecule has 3 heterocycles. The summed E-state index contributed by atoms with van der Waals surface area (Å²) in [6.07, 6.45) is 0.721. The quantitative estimate of drug-likeness (QED) is 0.654. The molecule has 0 saturated heterocycles. The number of nitrogens with zero attached hydrogens (tertiary/aromatic N) is 2. The molecule has 8 heteroatoms. The highest BCUT2D eigenvalue weighted by Crippen LogP contribution is 2.28. The van der Waals surface area contributed by atoms with Crippen molar-refractivity contribution in [2.24, 2.45) is 0 Å². The lowest BCUT2D eigenvalue weighted by atomic mass is 10.0. The maximum atomic E-state index is 13.5. The molecule has 2 aromatic heterocycles. The fraction of sp³-hybridized carbons (Fsp3) is 0.267. The first-order valence-corrected chi connectivity index (χ1v) is 7.30. The van der Waals surface area contributed by atoms with Crippen LogP contribution in [0.3, 0.4) is 0 Å². The number of fused-ring (bicyclic) bond motifs is 3. The van der Waals surface area contributed by atoms with E-state index in [0.29, 0.717) is 25.3 Å². The van der Waals surface area contributed by atoms with Crippen molar-refractivity contribution in [3.05, 3.63) is 51.6 Å². The first kappa shape index (κ1) is 13.7. The van der Waals surface area contributed by atoms with Gasteiger partial charge in [-0.3, -0.25) is 9.78 Å². The normalized spacial score (nSPS) is 14.2. The van der Waals surface area contributed by atoms with Crippen molar-refractivity contribution >= 4 is 16.8 Å². The van der Waals surface area contributed by atoms with Crippen LogP contribution in [0.1, 0.15) is 17.1 Å². The van der Waals surface area contributed by atoms with Crippen molar-refractivity contribution in [1.82, 2.24) is 25.1 Å². The van der Waals surface area contributed by atoms with E-state index in [1.165, 1.54) is 12.1 Å². The van der Waals surface area contributed by atoms with Crippen molar-refractivity contribution in [3.63, 3.8) is 0 Å². The third kappa shape index (κ3) is 2.41. The average Bonchev–Trinajstić information content (AvgIpc) is 3.10. The van der Waals surface area contributed by atoms with Crippen LogP contribution in [0.5, 0.6) is 0 Å². The Kier molecular flexibility index (Phi) is 3.03. The second kappa shape index (κ2) is 5.08. The van der Waals surface area contributed by atoms with Crippen molar-refractivity contribution in [2.45, 2.75) is 19.4 Å². The number of hydrogen-bond donors (Lipinski definition) is 3. The van der Waals surface area contributed by atoms with Gasteiger partial charge >= 0.3 is 5.69 Å². The highest BCUT2D eigenvalue weighted by atomic mass is 19.1. The molecule has 0 spiro atoms. The number of carbonyl (C=O) groups is 1. The van der Waals surface area contributed by atoms with E-state index in [9.17, 15) is 14.0 Å². The van der Waals surface area contributed by atoms with E-state index in [-0.39, 0.29) is 18.1 Å². The van der Waals surface area contributed by atoms with Crippen LogP contribution in [0, 0.1) is 5.82 Å². The lowest BCUT2D eigenvalue weighted by Crippen LogP contribution is -2.37. The van der Waals surface area contributed by atoms with Crippen LogP contribution >= 0.6 is 0 Å². The number of halogens is 1. The molecule has 23 heavy (non-hydrogen) atoms. The number of hydrogen-bond acceptors (Lipinski definition) is 3. The molecule has 0 fully saturated rings. The van der Waals surface area contributed by atoms with Gasteiger partial charge in [0.05, 0.1) is 6.42 Å². The molecule has 1 aliphatic heterocycles. The lowest BCUT2D eigenvalue weighted by Gasteiger charge is -2.27. The van der Waals surface area contributed by atoms with Crippen LogP contribution in [0.2, 0.25) is 0 Å². The maximum Gasteiger partial charge on any atom is 0.340 e. The standard InChI is InChI=1S/C15H14FN5O2/c16-8-1-2-11-9(5-8)10-7-21(4-3-12(10)17-11)14(22)6-13-18-15(23)20-19-13/h1-2,5,17H,3-4,6-7H2,(H2,18,19,20,23). The number of H-pyrrole nitrogens is 3. The number of nitrogens with one attached hydrogen (secondary N) is 3. The minimum atomic E-state index is -0.430. The summed E-state index contributed by atoms with van der Waals surface area (Å²) in [6, 6.07) is 4.62. The van der Waals surface area contributed by atoms with Crippen molar-refractivity contribution in [1.29, 1.82) is 0 Å². The Morgan fingerprint density at radius 1 is 1.35 bits per heavy atom. The van der Waals surface area contributed by atoms with Gasteiger partial charge in [0, 0.05) is 41.7 Å². The average molecular weight is 315 g/mol. The Morgan fingerprint density at radius 3 is 3.00 bits per heavy atom. The molecule has 0 bridgehead atoms. The summed E-state index contributed by atoms with van der Waals surface area (Å²) in [5, 5.41) is 6.80. The van der Waals surface area contributed by atoms with Crippen molar-refractivity contribution in [3.8, 4) is 0 Å². The fourth-order valence-electron chi connectivity index (χ4n) is 3.04. The summed E-state index contributed by atoms with van der Waals surface area (Å²) in [5.41, 5.74) is 2.45. The number of amides is 1. The summed E-state index contributed by atoms with van der Waals surface area (Å²) in [4.78, 5) is 30.9. The van der Waals surface area contributed by atoms with Gasteiger partial charge in [-0.2, -0.15) is 5.10 Å². The van der Waals surface area contributed by atoms with E-state index in [1.54, 1.807) is 11.0 Å². The number of rotatable bonds is 2. The zero-order chi connectivity index (χ0) is 16.0. The molecule has 3 aromatic rings. The van der Waals surface area contributed by atoms with Gasteiger partial charge < -0.3 is 9.88 Å². The van der Waals surface area contributed by atoms with Gasteiger partial charge in [-0.1, -0.05) is 0 Å². The maximum absolute atomic E-state index is 13.5. The Bertz CT molecular complexity index is 954. The first-order chi connectivity index (χ1) is 11.1. The van der Waals surface area contributed by atoms with E-state index >= 15 is 0 Å². The Hall–Kier alpha value is -2.90. The summed E-state index contributed by atoms with van der Waals surface area (Å²) in [6.45, 7) is 1.00. The van der Waals surface area contributed by atoms with Crippen LogP contribution in [0.15, 0.2) is 23.0 Å². The SMILES string of the molecule is O=C(Cc1n[nH]c(=O)[nH]1)N1CCc2[nH]c3ccc(F)cc3c2C1. The van der Waals surface area contributed by atoms with Gasteiger partial charge in [0.2, 0.25) is 5.91 Å². The second-order valence-electron chi connectivity index (χ2n) is 5.64. The zero-order valence-electron chi connectivity index (χ0n) is 12.1. The predicted octanol–water partition coefficient (Wildman–Crippen LogP) is 0.846. The van der Waals surface area contributed by atoms with Gasteiger partial charge in [-0.05, 0) is 18.2 Å². The smallest absolute Gasteiger partial charge is 0.340 e. The molecule has 0 aliphatic carbocycles. The molecule has 7 nitrogen and oxygen atoms in total. The molecule has 0 atom stereocenters. The zero-order valence-corrected chi connectivity index (χ0v) is 12.1. The molecular weight excluding hydrogens is 301 g/mol. The Labute approximate surface area is 129 Å². The lowest BCUT2D eigenvalue weighted by molar-refractivity contribution is -0.131. The second-order valence-corrected chi connectivity index (χ2v) is 5.64. The van der Waals surface area contributed by atoms with Crippen LogP contribution in [0.25, 0.3) is 10.9 Å². The molecule has 3 N–H and O–H groups in total. The topological polar surface area (TPSA) is 97.6 Å².